The number of carbonyl (C=O) groups excluding carboxylic acids is 4. The fourth-order valence-electron chi connectivity index (χ4n) is 10.9. The quantitative estimate of drug-likeness (QED) is 0.108. The van der Waals surface area contributed by atoms with Gasteiger partial charge < -0.3 is 59.2 Å². The van der Waals surface area contributed by atoms with E-state index >= 15 is 4.79 Å². The first-order valence-electron chi connectivity index (χ1n) is 25.5. The lowest BCUT2D eigenvalue weighted by Gasteiger charge is -2.38. The first-order valence-corrected chi connectivity index (χ1v) is 25.5. The molecule has 2 fully saturated rings. The highest BCUT2D eigenvalue weighted by atomic mass is 16.7. The molecule has 6 aliphatic heterocycles. The van der Waals surface area contributed by atoms with Crippen molar-refractivity contribution in [3.8, 4) is 41.9 Å². The topological polar surface area (TPSA) is 239 Å². The summed E-state index contributed by atoms with van der Waals surface area (Å²) in [5, 5.41) is 51.0. The molecule has 5 N–H and O–H groups in total. The molecule has 1 unspecified atom stereocenters. The van der Waals surface area contributed by atoms with E-state index < -0.39 is 101 Å². The number of ketones is 1. The van der Waals surface area contributed by atoms with Gasteiger partial charge in [0.15, 0.2) is 5.75 Å². The van der Waals surface area contributed by atoms with Crippen LogP contribution in [0.2, 0.25) is 0 Å². The zero-order valence-electron chi connectivity index (χ0n) is 43.8. The number of hydrogen-bond acceptors (Lipinski definition) is 17. The minimum absolute atomic E-state index is 0.0202. The van der Waals surface area contributed by atoms with Crippen LogP contribution in [0.4, 0.5) is 5.69 Å². The maximum atomic E-state index is 15.0. The average molecular weight is 1020 g/mol. The number of nitrogens with zero attached hydrogens (tertiary/aromatic N) is 4. The summed E-state index contributed by atoms with van der Waals surface area (Å²) in [6.07, 6.45) is 16.4. The van der Waals surface area contributed by atoms with Crippen LogP contribution in [0.3, 0.4) is 0 Å². The third kappa shape index (κ3) is 11.1. The Morgan fingerprint density at radius 1 is 0.986 bits per heavy atom. The highest BCUT2D eigenvalue weighted by Gasteiger charge is 2.53. The number of hydrogen-bond donors (Lipinski definition) is 5. The summed E-state index contributed by atoms with van der Waals surface area (Å²) in [5.74, 6) is -5.32. The largest absolute Gasteiger partial charge is 0.507 e. The lowest BCUT2D eigenvalue weighted by atomic mass is 9.78. The van der Waals surface area contributed by atoms with E-state index in [1.165, 1.54) is 33.1 Å². The van der Waals surface area contributed by atoms with E-state index in [1.54, 1.807) is 32.9 Å². The number of Topliss-reactive ketones (excluding diaryl/α,β-unsaturated/α-hetero) is 1. The Balaban J connectivity index is 1.32. The van der Waals surface area contributed by atoms with E-state index in [0.29, 0.717) is 31.8 Å². The van der Waals surface area contributed by atoms with Crippen molar-refractivity contribution < 1.29 is 63.3 Å². The van der Waals surface area contributed by atoms with Gasteiger partial charge in [-0.3, -0.25) is 24.2 Å². The molecule has 0 radical (unpaired) electrons. The summed E-state index contributed by atoms with van der Waals surface area (Å²) in [6.45, 7) is 16.2. The molecule has 2 aromatic rings. The number of aliphatic hydroxyl groups excluding tert-OH is 2. The molecule has 398 valence electrons. The zero-order valence-corrected chi connectivity index (χ0v) is 43.8. The predicted octanol–water partition coefficient (Wildman–Crippen LogP) is 4.23. The number of piperidine rings is 2. The molecule has 1 amide bonds. The maximum Gasteiger partial charge on any atom is 0.383 e. The smallest absolute Gasteiger partial charge is 0.383 e. The number of phenolic OH excluding ortho intramolecular Hbond substituents is 2. The van der Waals surface area contributed by atoms with Gasteiger partial charge in [-0.1, -0.05) is 58.8 Å². The van der Waals surface area contributed by atoms with Crippen LogP contribution < -0.4 is 20.8 Å². The van der Waals surface area contributed by atoms with Crippen LogP contribution in [0, 0.1) is 67.1 Å². The molecule has 74 heavy (non-hydrogen) atoms. The third-order valence-corrected chi connectivity index (χ3v) is 15.2. The van der Waals surface area contributed by atoms with Crippen molar-refractivity contribution in [2.45, 2.75) is 116 Å². The Kier molecular flexibility index (Phi) is 17.0. The van der Waals surface area contributed by atoms with Crippen molar-refractivity contribution in [1.29, 1.82) is 0 Å². The number of nitrogens with one attached hydrogen (secondary N) is 1. The molecule has 10 atom stereocenters. The van der Waals surface area contributed by atoms with Crippen molar-refractivity contribution >= 4 is 40.1 Å². The molecule has 0 aliphatic carbocycles. The summed E-state index contributed by atoms with van der Waals surface area (Å²) in [5.41, 5.74) is -0.691. The monoisotopic (exact) mass is 1020 g/mol. The molecule has 2 saturated heterocycles. The molecule has 8 rings (SSSR count). The van der Waals surface area contributed by atoms with Gasteiger partial charge in [0.1, 0.15) is 40.4 Å². The number of esters is 2. The molecule has 0 aromatic heterocycles. The third-order valence-electron chi connectivity index (χ3n) is 15.2. The van der Waals surface area contributed by atoms with Crippen molar-refractivity contribution in [2.24, 2.45) is 45.5 Å². The molecule has 0 saturated carbocycles. The van der Waals surface area contributed by atoms with Crippen LogP contribution in [0.1, 0.15) is 89.6 Å². The van der Waals surface area contributed by atoms with Gasteiger partial charge >= 0.3 is 17.7 Å². The minimum Gasteiger partial charge on any atom is -0.507 e. The van der Waals surface area contributed by atoms with Crippen LogP contribution >= 0.6 is 0 Å². The molecular formula is C56H71N5O13. The maximum absolute atomic E-state index is 15.0. The van der Waals surface area contributed by atoms with Gasteiger partial charge in [-0.25, -0.2) is 4.99 Å². The van der Waals surface area contributed by atoms with Gasteiger partial charge in [0.2, 0.25) is 0 Å². The van der Waals surface area contributed by atoms with Gasteiger partial charge in [0.05, 0.1) is 53.7 Å². The summed E-state index contributed by atoms with van der Waals surface area (Å²) < 4.78 is 29.6. The molecule has 18 nitrogen and oxygen atoms in total. The van der Waals surface area contributed by atoms with Crippen LogP contribution in [0.5, 0.6) is 17.2 Å². The normalized spacial score (nSPS) is 31.2. The number of phenols is 2. The number of methoxy groups -OCH3 is 1. The highest BCUT2D eigenvalue weighted by molar-refractivity contribution is 6.22. The second kappa shape index (κ2) is 22.7. The van der Waals surface area contributed by atoms with Crippen LogP contribution in [0.25, 0.3) is 10.8 Å². The first-order chi connectivity index (χ1) is 35.1. The van der Waals surface area contributed by atoms with Gasteiger partial charge in [-0.2, -0.15) is 0 Å². The number of anilines is 1. The number of carbonyl (C=O) groups is 4. The molecular weight excluding hydrogens is 951 g/mol. The molecule has 2 aromatic carbocycles. The number of allylic oxidation sites excluding steroid dienone is 2. The first kappa shape index (κ1) is 55.5. The van der Waals surface area contributed by atoms with Gasteiger partial charge in [-0.15, -0.1) is 12.8 Å². The van der Waals surface area contributed by atoms with Crippen molar-refractivity contribution in [3.05, 3.63) is 58.0 Å². The molecule has 18 heteroatoms. The summed E-state index contributed by atoms with van der Waals surface area (Å²) in [4.78, 5) is 69.8. The Morgan fingerprint density at radius 3 is 2.35 bits per heavy atom. The number of terminal acetylenes is 2. The number of fused-ring (bicyclic) bond motifs is 13. The Hall–Kier alpha value is -6.28. The van der Waals surface area contributed by atoms with Crippen LogP contribution in [-0.2, 0) is 33.3 Å². The van der Waals surface area contributed by atoms with Crippen molar-refractivity contribution in [3.63, 3.8) is 0 Å². The standard InChI is InChI=1S/C56H71N5O13/c1-12-37-38(70-11)19-25-72-56(13-2)53(68)43-41-42(49(66)35(9)52(43)74-56)50(67)46(45-44(41)58-55(59-45)20-23-61(24-21-55)27-30(3)4)57-54(69)32(6)17-14-16-31(5)47(64)33(7)48(65)34(8)51(37)73-40(63)26-39(62)71-29-36-18-15-22-60(10)28-36/h1-2,14,16-17,19,25,30-31,33-34,36-38,47-48,51,58,64-67H,15,18,20-24,26-29H2,3-11H3/b16-14+,25-19+,32-17-,57-46?/t31-,33+,34+,36?,37+,38-,47-,48+,51-,56-/m0/s1. The number of benzene rings is 2. The number of aromatic hydroxyl groups is 2. The second-order valence-corrected chi connectivity index (χ2v) is 21.1. The van der Waals surface area contributed by atoms with Gasteiger partial charge in [0, 0.05) is 86.3 Å². The number of rotatable bonds is 8. The Morgan fingerprint density at radius 2 is 1.70 bits per heavy atom. The summed E-state index contributed by atoms with van der Waals surface area (Å²) >= 11 is 0. The van der Waals surface area contributed by atoms with E-state index in [9.17, 15) is 34.8 Å². The van der Waals surface area contributed by atoms with E-state index in [1.807, 2.05) is 7.05 Å². The summed E-state index contributed by atoms with van der Waals surface area (Å²) in [7, 11) is 3.32. The number of amides is 1. The zero-order chi connectivity index (χ0) is 54.0. The Labute approximate surface area is 432 Å². The minimum atomic E-state index is -2.50. The molecule has 5 bridgehead atoms. The van der Waals surface area contributed by atoms with Gasteiger partial charge in [0.25, 0.3) is 11.7 Å². The van der Waals surface area contributed by atoms with E-state index in [4.69, 9.17) is 41.5 Å². The molecule has 6 heterocycles. The predicted molar refractivity (Wildman–Crippen MR) is 274 cm³/mol. The van der Waals surface area contributed by atoms with Crippen LogP contribution in [0.15, 0.2) is 46.1 Å². The summed E-state index contributed by atoms with van der Waals surface area (Å²) in [6, 6.07) is 0. The number of aliphatic hydroxyl groups is 2. The lowest BCUT2D eigenvalue weighted by molar-refractivity contribution is -0.166. The molecule has 1 spiro atoms. The van der Waals surface area contributed by atoms with Crippen molar-refractivity contribution in [1.82, 2.24) is 9.80 Å². The fraction of sp³-hybridized carbons (Fsp3) is 0.571. The van der Waals surface area contributed by atoms with E-state index in [2.05, 4.69) is 45.8 Å². The number of likely N-dealkylation sites (tertiary alicyclic amines) is 2. The van der Waals surface area contributed by atoms with Gasteiger partial charge in [-0.05, 0) is 58.2 Å². The fourth-order valence-corrected chi connectivity index (χ4v) is 10.9. The SMILES string of the molecule is C#C[C@H]1[C@@H](OC(=O)CC(=O)OCC2CCCN(C)C2)[C@H](C)[C@H](O)[C@H](C)[C@@H](O)[C@@H](C)/C=C/C=C(/C)C(=O)N=c2c(O)c3c(O)c(C)c4c(c3c3c2=NC2(CCN(CC(C)C)CC2)N3)C(=O)[C@@](C#C)(O/C=C/[C@@H]1OC)O4. The lowest BCUT2D eigenvalue weighted by Crippen LogP contribution is -2.47. The molecule has 6 aliphatic rings. The number of ether oxygens (including phenoxy) is 5. The van der Waals surface area contributed by atoms with E-state index in [0.717, 1.165) is 38.7 Å². The van der Waals surface area contributed by atoms with Crippen molar-refractivity contribution in [2.75, 3.05) is 58.8 Å². The highest BCUT2D eigenvalue weighted by Crippen LogP contribution is 2.51. The average Bonchev–Trinajstić information content (AvgIpc) is 3.89. The van der Waals surface area contributed by atoms with Crippen LogP contribution in [-0.4, -0.2) is 143 Å². The Bertz CT molecular complexity index is 2840. The second-order valence-electron chi connectivity index (χ2n) is 21.1. The van der Waals surface area contributed by atoms with E-state index in [-0.39, 0.29) is 62.1 Å².